The Balaban J connectivity index is 0. The van der Waals surface area contributed by atoms with Crippen LogP contribution in [0.5, 0.6) is 0 Å². The van der Waals surface area contributed by atoms with E-state index in [1.165, 1.54) is 0 Å². The minimum absolute atomic E-state index is 0.787. The molecule has 0 saturated heterocycles. The summed E-state index contributed by atoms with van der Waals surface area (Å²) in [5.74, 6) is 0.787. The summed E-state index contributed by atoms with van der Waals surface area (Å²) < 4.78 is 0. The molecule has 0 aliphatic heterocycles. The molecule has 0 aromatic rings. The summed E-state index contributed by atoms with van der Waals surface area (Å²) in [4.78, 5) is 21.9. The molecule has 10 heavy (non-hydrogen) atoms. The molecule has 0 aromatic heterocycles. The summed E-state index contributed by atoms with van der Waals surface area (Å²) in [6.07, 6.45) is 0. The topological polar surface area (TPSA) is 72.7 Å². The normalized spacial score (nSPS) is 9.60. The molecule has 4 nitrogen and oxygen atoms in total. The van der Waals surface area contributed by atoms with Crippen LogP contribution in [0.2, 0.25) is 0 Å². The van der Waals surface area contributed by atoms with Gasteiger partial charge in [0, 0.05) is 0 Å². The van der Waals surface area contributed by atoms with Gasteiger partial charge in [0.25, 0.3) is 0 Å². The lowest BCUT2D eigenvalue weighted by atomic mass is 10.2. The van der Waals surface area contributed by atoms with E-state index in [0.717, 1.165) is 12.5 Å². The van der Waals surface area contributed by atoms with Gasteiger partial charge in [-0.05, 0) is 19.5 Å². The molecule has 0 fully saturated rings. The van der Waals surface area contributed by atoms with Gasteiger partial charge in [0.05, 0.1) is 0 Å². The molecule has 0 radical (unpaired) electrons. The van der Waals surface area contributed by atoms with E-state index in [4.69, 9.17) is 14.4 Å². The van der Waals surface area contributed by atoms with E-state index < -0.39 is 9.53 Å². The quantitative estimate of drug-likeness (QED) is 0.379. The zero-order valence-electron chi connectivity index (χ0n) is 6.70. The lowest BCUT2D eigenvalue weighted by molar-refractivity contribution is 0.278. The predicted octanol–water partition coefficient (Wildman–Crippen LogP) is -1.46. The van der Waals surface area contributed by atoms with Crippen LogP contribution in [0.15, 0.2) is 0 Å². The van der Waals surface area contributed by atoms with Crippen molar-refractivity contribution in [2.24, 2.45) is 5.92 Å². The summed E-state index contributed by atoms with van der Waals surface area (Å²) in [6.45, 7) is 5.51. The van der Waals surface area contributed by atoms with Crippen molar-refractivity contribution in [3.05, 3.63) is 0 Å². The molecule has 0 unspecified atom stereocenters. The van der Waals surface area contributed by atoms with Crippen molar-refractivity contribution < 1.29 is 14.4 Å². The van der Waals surface area contributed by atoms with Gasteiger partial charge in [0.1, 0.15) is 0 Å². The van der Waals surface area contributed by atoms with Crippen molar-refractivity contribution in [3.8, 4) is 0 Å². The second kappa shape index (κ2) is 9.06. The van der Waals surface area contributed by atoms with E-state index in [0.29, 0.717) is 0 Å². The molecule has 64 valence electrons. The van der Waals surface area contributed by atoms with Gasteiger partial charge in [-0.3, -0.25) is 0 Å². The molecule has 0 heterocycles. The molecule has 0 spiro atoms. The standard InChI is InChI=1S/C5H13N.H4O3Si/c1-5(2)4-6-3;1-4(2)3/h5-6H,4H2,1-3H3;1-4H. The Morgan fingerprint density at radius 1 is 1.30 bits per heavy atom. The van der Waals surface area contributed by atoms with Gasteiger partial charge in [-0.2, -0.15) is 0 Å². The van der Waals surface area contributed by atoms with Crippen molar-refractivity contribution in [2.75, 3.05) is 13.6 Å². The molecular weight excluding hydrogens is 150 g/mol. The molecule has 0 saturated carbocycles. The predicted molar refractivity (Wildman–Crippen MR) is 42.6 cm³/mol. The molecule has 0 rings (SSSR count). The number of hydrogen-bond acceptors (Lipinski definition) is 4. The monoisotopic (exact) mass is 167 g/mol. The average molecular weight is 167 g/mol. The molecule has 0 aliphatic rings. The van der Waals surface area contributed by atoms with Crippen LogP contribution in [0.1, 0.15) is 13.8 Å². The van der Waals surface area contributed by atoms with Crippen molar-refractivity contribution in [1.29, 1.82) is 0 Å². The Hall–Kier alpha value is 0.0569. The Kier molecular flexibility index (Phi) is 11.5. The first-order valence-corrected chi connectivity index (χ1v) is 4.74. The van der Waals surface area contributed by atoms with Crippen LogP contribution >= 0.6 is 0 Å². The Morgan fingerprint density at radius 3 is 1.60 bits per heavy atom. The van der Waals surface area contributed by atoms with Gasteiger partial charge in [-0.1, -0.05) is 13.8 Å². The zero-order valence-corrected chi connectivity index (χ0v) is 7.86. The van der Waals surface area contributed by atoms with Crippen molar-refractivity contribution in [2.45, 2.75) is 13.8 Å². The molecular formula is C5H17NO3Si. The van der Waals surface area contributed by atoms with E-state index in [9.17, 15) is 0 Å². The molecule has 0 bridgehead atoms. The van der Waals surface area contributed by atoms with Gasteiger partial charge in [0.2, 0.25) is 0 Å². The minimum atomic E-state index is -3.14. The Labute approximate surface area is 63.5 Å². The highest BCUT2D eigenvalue weighted by Gasteiger charge is 1.84. The highest BCUT2D eigenvalue weighted by atomic mass is 28.3. The summed E-state index contributed by atoms with van der Waals surface area (Å²) in [5, 5.41) is 3.07. The van der Waals surface area contributed by atoms with Crippen molar-refractivity contribution in [1.82, 2.24) is 5.32 Å². The van der Waals surface area contributed by atoms with Gasteiger partial charge >= 0.3 is 9.53 Å². The summed E-state index contributed by atoms with van der Waals surface area (Å²) in [7, 11) is -1.17. The maximum atomic E-state index is 7.31. The van der Waals surface area contributed by atoms with Gasteiger partial charge < -0.3 is 19.7 Å². The zero-order chi connectivity index (χ0) is 8.57. The first kappa shape index (κ1) is 12.7. The van der Waals surface area contributed by atoms with Crippen LogP contribution < -0.4 is 5.32 Å². The third-order valence-corrected chi connectivity index (χ3v) is 0.612. The highest BCUT2D eigenvalue weighted by molar-refractivity contribution is 6.30. The fraction of sp³-hybridized carbons (Fsp3) is 1.00. The number of nitrogens with one attached hydrogen (secondary N) is 1. The Morgan fingerprint density at radius 2 is 1.60 bits per heavy atom. The maximum Gasteiger partial charge on any atom is 0.475 e. The fourth-order valence-electron chi connectivity index (χ4n) is 0.408. The van der Waals surface area contributed by atoms with Gasteiger partial charge in [-0.15, -0.1) is 0 Å². The third kappa shape index (κ3) is 42.9. The maximum absolute atomic E-state index is 7.31. The SMILES string of the molecule is CNCC(C)C.O[SiH](O)O. The fourth-order valence-corrected chi connectivity index (χ4v) is 0.408. The van der Waals surface area contributed by atoms with Crippen LogP contribution in [0.25, 0.3) is 0 Å². The lowest BCUT2D eigenvalue weighted by Crippen LogP contribution is -2.12. The summed E-state index contributed by atoms with van der Waals surface area (Å²) >= 11 is 0. The van der Waals surface area contributed by atoms with E-state index in [2.05, 4.69) is 19.2 Å². The van der Waals surface area contributed by atoms with Crippen molar-refractivity contribution in [3.63, 3.8) is 0 Å². The van der Waals surface area contributed by atoms with E-state index >= 15 is 0 Å². The van der Waals surface area contributed by atoms with Gasteiger partial charge in [0.15, 0.2) is 0 Å². The average Bonchev–Trinajstić information content (AvgIpc) is 1.62. The summed E-state index contributed by atoms with van der Waals surface area (Å²) in [6, 6.07) is 0. The molecule has 0 aromatic carbocycles. The second-order valence-corrected chi connectivity index (χ2v) is 2.99. The first-order chi connectivity index (χ1) is 4.50. The number of rotatable bonds is 2. The minimum Gasteiger partial charge on any atom is -0.392 e. The molecule has 0 aliphatic carbocycles. The smallest absolute Gasteiger partial charge is 0.392 e. The Bertz CT molecular complexity index is 58.1. The van der Waals surface area contributed by atoms with Gasteiger partial charge in [-0.25, -0.2) is 0 Å². The molecule has 0 atom stereocenters. The van der Waals surface area contributed by atoms with Crippen LogP contribution in [0.3, 0.4) is 0 Å². The molecule has 5 heteroatoms. The molecule has 0 amide bonds. The number of hydrogen-bond donors (Lipinski definition) is 4. The van der Waals surface area contributed by atoms with Crippen LogP contribution in [0, 0.1) is 5.92 Å². The largest absolute Gasteiger partial charge is 0.475 e. The molecule has 4 N–H and O–H groups in total. The second-order valence-electron chi connectivity index (χ2n) is 2.30. The third-order valence-electron chi connectivity index (χ3n) is 0.612. The van der Waals surface area contributed by atoms with Crippen LogP contribution in [-0.2, 0) is 0 Å². The van der Waals surface area contributed by atoms with Crippen LogP contribution in [0.4, 0.5) is 0 Å². The van der Waals surface area contributed by atoms with E-state index in [1.54, 1.807) is 0 Å². The van der Waals surface area contributed by atoms with Crippen molar-refractivity contribution >= 4 is 9.53 Å². The highest BCUT2D eigenvalue weighted by Crippen LogP contribution is 1.83. The summed E-state index contributed by atoms with van der Waals surface area (Å²) in [5.41, 5.74) is 0. The van der Waals surface area contributed by atoms with Crippen LogP contribution in [-0.4, -0.2) is 37.5 Å². The van der Waals surface area contributed by atoms with E-state index in [1.807, 2.05) is 7.05 Å². The first-order valence-electron chi connectivity index (χ1n) is 3.19. The lowest BCUT2D eigenvalue weighted by Gasteiger charge is -1.98. The van der Waals surface area contributed by atoms with E-state index in [-0.39, 0.29) is 0 Å².